The number of amides is 4. The maximum atomic E-state index is 12.5. The summed E-state index contributed by atoms with van der Waals surface area (Å²) in [6, 6.07) is 11.8. The summed E-state index contributed by atoms with van der Waals surface area (Å²) in [4.78, 5) is 84.4. The molecule has 0 bridgehead atoms. The number of esters is 2. The van der Waals surface area contributed by atoms with E-state index < -0.39 is 35.6 Å². The first-order valence-electron chi connectivity index (χ1n) is 10.0. The Hall–Kier alpha value is -5.33. The largest absolute Gasteiger partial charge is 0.464 e. The van der Waals surface area contributed by atoms with Crippen LogP contribution in [-0.4, -0.2) is 64.7 Å². The number of ether oxygens (including phenoxy) is 2. The fourth-order valence-electron chi connectivity index (χ4n) is 2.71. The van der Waals surface area contributed by atoms with Crippen molar-refractivity contribution >= 4 is 35.6 Å². The van der Waals surface area contributed by atoms with Crippen LogP contribution in [-0.2, 0) is 9.47 Å². The van der Waals surface area contributed by atoms with Crippen LogP contribution in [0.2, 0.25) is 0 Å². The van der Waals surface area contributed by atoms with Crippen molar-refractivity contribution in [1.29, 1.82) is 0 Å². The number of carbonyl (C=O) groups is 6. The Morgan fingerprint density at radius 3 is 1.03 bits per heavy atom. The molecule has 0 aliphatic heterocycles. The molecule has 0 fully saturated rings. The monoisotopic (exact) mass is 491 g/mol. The predicted molar refractivity (Wildman–Crippen MR) is 119 cm³/mol. The molecule has 3 aromatic heterocycles. The van der Waals surface area contributed by atoms with Crippen molar-refractivity contribution in [3.8, 4) is 0 Å². The lowest BCUT2D eigenvalue weighted by Gasteiger charge is -2.07. The van der Waals surface area contributed by atoms with Gasteiger partial charge in [-0.2, -0.15) is 0 Å². The molecule has 3 aromatic rings. The summed E-state index contributed by atoms with van der Waals surface area (Å²) in [6.07, 6.45) is 0. The van der Waals surface area contributed by atoms with E-state index in [0.29, 0.717) is 0 Å². The van der Waals surface area contributed by atoms with Gasteiger partial charge in [0.05, 0.1) is 14.2 Å². The van der Waals surface area contributed by atoms with E-state index >= 15 is 0 Å². The molecule has 0 saturated carbocycles. The Labute approximate surface area is 202 Å². The van der Waals surface area contributed by atoms with Gasteiger partial charge in [-0.25, -0.2) is 24.5 Å². The molecule has 0 saturated heterocycles. The van der Waals surface area contributed by atoms with E-state index in [0.717, 1.165) is 14.2 Å². The number of imide groups is 2. The second-order valence-electron chi connectivity index (χ2n) is 6.77. The molecule has 13 nitrogen and oxygen atoms in total. The zero-order valence-corrected chi connectivity index (χ0v) is 18.8. The minimum absolute atomic E-state index is 0.134. The molecule has 2 N–H and O–H groups in total. The molecule has 36 heavy (non-hydrogen) atoms. The fourth-order valence-corrected chi connectivity index (χ4v) is 2.71. The molecule has 0 aromatic carbocycles. The molecule has 0 aliphatic rings. The van der Waals surface area contributed by atoms with Crippen molar-refractivity contribution in [2.75, 3.05) is 14.2 Å². The van der Waals surface area contributed by atoms with Crippen LogP contribution in [0, 0.1) is 0 Å². The van der Waals surface area contributed by atoms with Crippen LogP contribution in [0.3, 0.4) is 0 Å². The van der Waals surface area contributed by atoms with Crippen LogP contribution in [0.5, 0.6) is 0 Å². The summed E-state index contributed by atoms with van der Waals surface area (Å²) < 4.78 is 9.08. The molecule has 0 radical (unpaired) electrons. The standard InChI is InChI=1S/C23H17N5O8/c1-35-22(33)16-10-4-8-14(25-16)20(31)27-18(29)12-6-3-7-13(24-12)19(30)28-21(32)15-9-5-11-17(26-15)23(34)36-2/h3-11H,1-2H3,(H,27,29,31)(H,28,30,32). The average Bonchev–Trinajstić information content (AvgIpc) is 2.92. The summed E-state index contributed by atoms with van der Waals surface area (Å²) in [5.74, 6) is -5.29. The fraction of sp³-hybridized carbons (Fsp3) is 0.0870. The Morgan fingerprint density at radius 1 is 0.500 bits per heavy atom. The maximum absolute atomic E-state index is 12.5. The third kappa shape index (κ3) is 5.96. The van der Waals surface area contributed by atoms with Crippen molar-refractivity contribution in [3.05, 3.63) is 88.8 Å². The molecule has 0 spiro atoms. The lowest BCUT2D eigenvalue weighted by Crippen LogP contribution is -2.34. The van der Waals surface area contributed by atoms with Gasteiger partial charge in [-0.1, -0.05) is 18.2 Å². The SMILES string of the molecule is COC(=O)c1cccc(C(=O)NC(=O)c2cccc(C(=O)NC(=O)c3cccc(C(=O)OC)n3)n2)n1. The second kappa shape index (κ2) is 11.2. The van der Waals surface area contributed by atoms with Crippen LogP contribution in [0.1, 0.15) is 62.9 Å². The van der Waals surface area contributed by atoms with Gasteiger partial charge in [0, 0.05) is 0 Å². The number of rotatable bonds is 6. The van der Waals surface area contributed by atoms with Crippen molar-refractivity contribution in [2.45, 2.75) is 0 Å². The quantitative estimate of drug-likeness (QED) is 0.363. The van der Waals surface area contributed by atoms with Gasteiger partial charge in [-0.3, -0.25) is 29.8 Å². The van der Waals surface area contributed by atoms with E-state index in [1.807, 2.05) is 10.6 Å². The van der Waals surface area contributed by atoms with E-state index in [1.54, 1.807) is 0 Å². The lowest BCUT2D eigenvalue weighted by molar-refractivity contribution is 0.0584. The Balaban J connectivity index is 1.70. The van der Waals surface area contributed by atoms with Gasteiger partial charge in [0.25, 0.3) is 23.6 Å². The van der Waals surface area contributed by atoms with Gasteiger partial charge in [0.1, 0.15) is 34.2 Å². The smallest absolute Gasteiger partial charge is 0.356 e. The molecule has 0 atom stereocenters. The van der Waals surface area contributed by atoms with Crippen molar-refractivity contribution in [2.24, 2.45) is 0 Å². The molecule has 0 unspecified atom stereocenters. The molecule has 4 amide bonds. The van der Waals surface area contributed by atoms with Crippen molar-refractivity contribution in [1.82, 2.24) is 25.6 Å². The number of hydrogen-bond donors (Lipinski definition) is 2. The minimum Gasteiger partial charge on any atom is -0.464 e. The number of nitrogens with one attached hydrogen (secondary N) is 2. The predicted octanol–water partition coefficient (Wildman–Crippen LogP) is 0.585. The number of nitrogens with zero attached hydrogens (tertiary/aromatic N) is 3. The molecule has 3 heterocycles. The second-order valence-corrected chi connectivity index (χ2v) is 6.77. The highest BCUT2D eigenvalue weighted by molar-refractivity contribution is 6.11. The molecular formula is C23H17N5O8. The average molecular weight is 491 g/mol. The van der Waals surface area contributed by atoms with Crippen LogP contribution in [0.15, 0.2) is 54.6 Å². The van der Waals surface area contributed by atoms with Gasteiger partial charge in [0.15, 0.2) is 0 Å². The number of aromatic nitrogens is 3. The minimum atomic E-state index is -0.960. The van der Waals surface area contributed by atoms with Gasteiger partial charge in [-0.15, -0.1) is 0 Å². The van der Waals surface area contributed by atoms with E-state index in [2.05, 4.69) is 24.4 Å². The highest BCUT2D eigenvalue weighted by Crippen LogP contribution is 2.05. The van der Waals surface area contributed by atoms with E-state index in [1.165, 1.54) is 54.6 Å². The first kappa shape index (κ1) is 25.3. The molecule has 13 heteroatoms. The molecule has 0 aliphatic carbocycles. The molecule has 3 rings (SSSR count). The van der Waals surface area contributed by atoms with Crippen molar-refractivity contribution in [3.63, 3.8) is 0 Å². The number of methoxy groups -OCH3 is 2. The van der Waals surface area contributed by atoms with E-state index in [-0.39, 0.29) is 34.2 Å². The number of hydrogen-bond acceptors (Lipinski definition) is 11. The first-order valence-corrected chi connectivity index (χ1v) is 10.0. The lowest BCUT2D eigenvalue weighted by atomic mass is 10.2. The number of carbonyl (C=O) groups excluding carboxylic acids is 6. The topological polar surface area (TPSA) is 184 Å². The van der Waals surface area contributed by atoms with Crippen LogP contribution in [0.4, 0.5) is 0 Å². The van der Waals surface area contributed by atoms with E-state index in [9.17, 15) is 28.8 Å². The van der Waals surface area contributed by atoms with Gasteiger partial charge >= 0.3 is 11.9 Å². The Morgan fingerprint density at radius 2 is 0.750 bits per heavy atom. The zero-order valence-electron chi connectivity index (χ0n) is 18.8. The maximum Gasteiger partial charge on any atom is 0.356 e. The molecular weight excluding hydrogens is 474 g/mol. The van der Waals surface area contributed by atoms with E-state index in [4.69, 9.17) is 0 Å². The first-order chi connectivity index (χ1) is 17.2. The third-order valence-corrected chi connectivity index (χ3v) is 4.42. The summed E-state index contributed by atoms with van der Waals surface area (Å²) in [6.45, 7) is 0. The summed E-state index contributed by atoms with van der Waals surface area (Å²) in [5.41, 5.74) is -1.34. The summed E-state index contributed by atoms with van der Waals surface area (Å²) >= 11 is 0. The number of pyridine rings is 3. The summed E-state index contributed by atoms with van der Waals surface area (Å²) in [5, 5.41) is 4.09. The summed E-state index contributed by atoms with van der Waals surface area (Å²) in [7, 11) is 2.30. The van der Waals surface area contributed by atoms with Gasteiger partial charge in [-0.05, 0) is 36.4 Å². The normalized spacial score (nSPS) is 10.1. The van der Waals surface area contributed by atoms with Crippen LogP contribution >= 0.6 is 0 Å². The highest BCUT2D eigenvalue weighted by atomic mass is 16.5. The zero-order chi connectivity index (χ0) is 26.2. The van der Waals surface area contributed by atoms with Gasteiger partial charge in [0.2, 0.25) is 0 Å². The molecule has 182 valence electrons. The van der Waals surface area contributed by atoms with Gasteiger partial charge < -0.3 is 9.47 Å². The van der Waals surface area contributed by atoms with Crippen molar-refractivity contribution < 1.29 is 38.2 Å². The van der Waals surface area contributed by atoms with Crippen LogP contribution < -0.4 is 10.6 Å². The highest BCUT2D eigenvalue weighted by Gasteiger charge is 2.20. The van der Waals surface area contributed by atoms with Crippen LogP contribution in [0.25, 0.3) is 0 Å². The Kier molecular flexibility index (Phi) is 7.87. The Bertz CT molecular complexity index is 1290. The third-order valence-electron chi connectivity index (χ3n) is 4.42.